The van der Waals surface area contributed by atoms with Crippen molar-refractivity contribution in [2.24, 2.45) is 0 Å². The lowest BCUT2D eigenvalue weighted by molar-refractivity contribution is -0.116. The number of benzene rings is 1. The summed E-state index contributed by atoms with van der Waals surface area (Å²) in [6.45, 7) is 1.20. The lowest BCUT2D eigenvalue weighted by atomic mass is 10.0. The van der Waals surface area contributed by atoms with Gasteiger partial charge in [-0.3, -0.25) is 9.59 Å². The molecule has 1 aromatic carbocycles. The molecular weight excluding hydrogens is 289 g/mol. The number of hydrogen-bond acceptors (Lipinski definition) is 3. The number of ketones is 1. The van der Waals surface area contributed by atoms with Crippen molar-refractivity contribution in [1.29, 1.82) is 0 Å². The molecule has 1 aromatic rings. The molecule has 0 radical (unpaired) electrons. The van der Waals surface area contributed by atoms with E-state index in [2.05, 4.69) is 0 Å². The Hall–Kier alpha value is -1.01. The van der Waals surface area contributed by atoms with E-state index in [1.165, 1.54) is 13.0 Å². The molecule has 0 spiro atoms. The van der Waals surface area contributed by atoms with Gasteiger partial charge in [0.1, 0.15) is 11.7 Å². The van der Waals surface area contributed by atoms with Crippen LogP contribution in [0.5, 0.6) is 0 Å². The zero-order valence-electron chi connectivity index (χ0n) is 9.12. The molecule has 0 amide bonds. The fourth-order valence-electron chi connectivity index (χ4n) is 1.30. The summed E-state index contributed by atoms with van der Waals surface area (Å²) in [5, 5.41) is -1.13. The number of thioether (sulfide) groups is 1. The first-order valence-corrected chi connectivity index (χ1v) is 5.99. The minimum Gasteiger partial charge on any atom is -0.298 e. The van der Waals surface area contributed by atoms with Crippen LogP contribution in [0, 0.1) is 0 Å². The van der Waals surface area contributed by atoms with E-state index in [-0.39, 0.29) is 27.8 Å². The van der Waals surface area contributed by atoms with Gasteiger partial charge in [-0.15, -0.1) is 11.6 Å². The van der Waals surface area contributed by atoms with Crippen LogP contribution in [0.4, 0.5) is 13.2 Å². The van der Waals surface area contributed by atoms with Crippen molar-refractivity contribution >= 4 is 35.4 Å². The molecule has 0 N–H and O–H groups in total. The Kier molecular flexibility index (Phi) is 4.81. The zero-order chi connectivity index (χ0) is 13.9. The summed E-state index contributed by atoms with van der Waals surface area (Å²) < 4.78 is 36.6. The van der Waals surface area contributed by atoms with Crippen molar-refractivity contribution in [2.75, 3.05) is 0 Å². The molecular formula is C11H8ClF3O2S. The smallest absolute Gasteiger partial charge is 0.298 e. The topological polar surface area (TPSA) is 34.1 Å². The number of Topliss-reactive ketones (excluding diaryl/α,β-unsaturated/α-hetero) is 1. The number of alkyl halides is 4. The lowest BCUT2D eigenvalue weighted by Gasteiger charge is -2.12. The molecule has 0 heterocycles. The Morgan fingerprint density at radius 3 is 2.50 bits per heavy atom. The van der Waals surface area contributed by atoms with Gasteiger partial charge in [-0.2, -0.15) is 13.2 Å². The molecule has 0 aliphatic carbocycles. The van der Waals surface area contributed by atoms with Gasteiger partial charge in [-0.25, -0.2) is 0 Å². The van der Waals surface area contributed by atoms with Gasteiger partial charge >= 0.3 is 5.51 Å². The molecule has 0 saturated heterocycles. The first-order chi connectivity index (χ1) is 8.24. The second-order valence-electron chi connectivity index (χ2n) is 3.43. The van der Waals surface area contributed by atoms with Crippen molar-refractivity contribution < 1.29 is 22.8 Å². The van der Waals surface area contributed by atoms with Crippen LogP contribution < -0.4 is 0 Å². The van der Waals surface area contributed by atoms with Crippen LogP contribution in [-0.4, -0.2) is 17.6 Å². The number of carbonyl (C=O) groups is 2. The molecule has 0 aliphatic rings. The summed E-state index contributed by atoms with van der Waals surface area (Å²) in [6.07, 6.45) is 0.454. The molecule has 0 saturated carbocycles. The molecule has 1 rings (SSSR count). The van der Waals surface area contributed by atoms with Crippen LogP contribution >= 0.6 is 23.4 Å². The molecule has 1 unspecified atom stereocenters. The summed E-state index contributed by atoms with van der Waals surface area (Å²) in [6, 6.07) is 3.49. The van der Waals surface area contributed by atoms with E-state index >= 15 is 0 Å². The quantitative estimate of drug-likeness (QED) is 0.479. The van der Waals surface area contributed by atoms with Gasteiger partial charge < -0.3 is 0 Å². The third-order valence-electron chi connectivity index (χ3n) is 2.05. The summed E-state index contributed by atoms with van der Waals surface area (Å²) in [7, 11) is 0. The number of aldehydes is 1. The fourth-order valence-corrected chi connectivity index (χ4v) is 2.07. The fraction of sp³-hybridized carbons (Fsp3) is 0.273. The average molecular weight is 297 g/mol. The van der Waals surface area contributed by atoms with Gasteiger partial charge in [0.2, 0.25) is 0 Å². The predicted molar refractivity (Wildman–Crippen MR) is 63.0 cm³/mol. The standard InChI is InChI=1S/C11H8ClF3O2S/c1-6(17)10(12)9-4-8(18-11(13,14)15)3-2-7(9)5-16/h2-5,10H,1H3. The summed E-state index contributed by atoms with van der Waals surface area (Å²) in [4.78, 5) is 21.8. The molecule has 0 aliphatic heterocycles. The minimum absolute atomic E-state index is 0.0911. The van der Waals surface area contributed by atoms with Gasteiger partial charge in [-0.1, -0.05) is 6.07 Å². The third kappa shape index (κ3) is 4.03. The van der Waals surface area contributed by atoms with Gasteiger partial charge in [-0.05, 0) is 36.4 Å². The van der Waals surface area contributed by atoms with Crippen molar-refractivity contribution in [2.45, 2.75) is 22.7 Å². The van der Waals surface area contributed by atoms with Gasteiger partial charge in [0.05, 0.1) is 0 Å². The summed E-state index contributed by atoms with van der Waals surface area (Å²) in [5.41, 5.74) is -4.23. The van der Waals surface area contributed by atoms with E-state index in [1.54, 1.807) is 0 Å². The highest BCUT2D eigenvalue weighted by molar-refractivity contribution is 8.00. The maximum absolute atomic E-state index is 12.2. The average Bonchev–Trinajstić information content (AvgIpc) is 2.25. The Balaban J connectivity index is 3.17. The van der Waals surface area contributed by atoms with Crippen LogP contribution in [0.3, 0.4) is 0 Å². The van der Waals surface area contributed by atoms with Crippen LogP contribution in [0.2, 0.25) is 0 Å². The monoisotopic (exact) mass is 296 g/mol. The first kappa shape index (κ1) is 15.0. The van der Waals surface area contributed by atoms with Crippen molar-refractivity contribution in [3.8, 4) is 0 Å². The minimum atomic E-state index is -4.43. The number of carbonyl (C=O) groups excluding carboxylic acids is 2. The molecule has 0 aromatic heterocycles. The van der Waals surface area contributed by atoms with Gasteiger partial charge in [0.15, 0.2) is 5.78 Å². The van der Waals surface area contributed by atoms with E-state index in [0.29, 0.717) is 6.29 Å². The molecule has 0 bridgehead atoms. The van der Waals surface area contributed by atoms with Crippen LogP contribution in [-0.2, 0) is 4.79 Å². The summed E-state index contributed by atoms with van der Waals surface area (Å²) >= 11 is 5.45. The molecule has 0 fully saturated rings. The molecule has 98 valence electrons. The second-order valence-corrected chi connectivity index (χ2v) is 5.00. The van der Waals surface area contributed by atoms with Crippen molar-refractivity contribution in [3.63, 3.8) is 0 Å². The lowest BCUT2D eigenvalue weighted by Crippen LogP contribution is -2.06. The van der Waals surface area contributed by atoms with E-state index in [0.717, 1.165) is 12.1 Å². The molecule has 1 atom stereocenters. The first-order valence-electron chi connectivity index (χ1n) is 4.74. The summed E-state index contributed by atoms with van der Waals surface area (Å²) in [5.74, 6) is -0.436. The van der Waals surface area contributed by atoms with Crippen LogP contribution in [0.25, 0.3) is 0 Å². The van der Waals surface area contributed by atoms with Crippen LogP contribution in [0.1, 0.15) is 28.2 Å². The highest BCUT2D eigenvalue weighted by Gasteiger charge is 2.30. The van der Waals surface area contributed by atoms with Crippen molar-refractivity contribution in [3.05, 3.63) is 29.3 Å². The zero-order valence-corrected chi connectivity index (χ0v) is 10.7. The van der Waals surface area contributed by atoms with Crippen molar-refractivity contribution in [1.82, 2.24) is 0 Å². The van der Waals surface area contributed by atoms with E-state index in [9.17, 15) is 22.8 Å². The largest absolute Gasteiger partial charge is 0.446 e. The molecule has 18 heavy (non-hydrogen) atoms. The highest BCUT2D eigenvalue weighted by atomic mass is 35.5. The second kappa shape index (κ2) is 5.75. The SMILES string of the molecule is CC(=O)C(Cl)c1cc(SC(F)(F)F)ccc1C=O. The number of rotatable bonds is 4. The van der Waals surface area contributed by atoms with Gasteiger partial charge in [0, 0.05) is 10.5 Å². The predicted octanol–water partition coefficient (Wildman–Crippen LogP) is 3.98. The third-order valence-corrected chi connectivity index (χ3v) is 3.31. The maximum Gasteiger partial charge on any atom is 0.446 e. The van der Waals surface area contributed by atoms with E-state index in [1.807, 2.05) is 0 Å². The molecule has 7 heteroatoms. The molecule has 2 nitrogen and oxygen atoms in total. The number of hydrogen-bond donors (Lipinski definition) is 0. The van der Waals surface area contributed by atoms with Gasteiger partial charge in [0.25, 0.3) is 0 Å². The Morgan fingerprint density at radius 1 is 1.44 bits per heavy atom. The van der Waals surface area contributed by atoms with E-state index in [4.69, 9.17) is 11.6 Å². The van der Waals surface area contributed by atoms with E-state index < -0.39 is 16.7 Å². The Morgan fingerprint density at radius 2 is 2.06 bits per heavy atom. The normalized spacial score (nSPS) is 13.2. The maximum atomic E-state index is 12.2. The van der Waals surface area contributed by atoms with Crippen LogP contribution in [0.15, 0.2) is 23.1 Å². The highest BCUT2D eigenvalue weighted by Crippen LogP contribution is 2.38. The number of halogens is 4. The Bertz CT molecular complexity index is 474. The Labute approximate surface area is 111 Å².